The quantitative estimate of drug-likeness (QED) is 0.813. The van der Waals surface area contributed by atoms with Crippen molar-refractivity contribution in [2.75, 3.05) is 18.6 Å². The van der Waals surface area contributed by atoms with Crippen LogP contribution in [-0.2, 0) is 14.2 Å². The highest BCUT2D eigenvalue weighted by Crippen LogP contribution is 2.34. The van der Waals surface area contributed by atoms with Gasteiger partial charge in [0.05, 0.1) is 25.0 Å². The minimum absolute atomic E-state index is 0.176. The Labute approximate surface area is 155 Å². The molecule has 0 aromatic carbocycles. The number of ether oxygens (including phenoxy) is 3. The zero-order chi connectivity index (χ0) is 19.2. The Morgan fingerprint density at radius 3 is 3.00 bits per heavy atom. The molecule has 2 aromatic heterocycles. The average Bonchev–Trinajstić information content (AvgIpc) is 2.89. The Kier molecular flexibility index (Phi) is 4.47. The molecule has 1 fully saturated rings. The summed E-state index contributed by atoms with van der Waals surface area (Å²) in [7, 11) is 0. The number of hydrogen-bond acceptors (Lipinski definition) is 8. The second-order valence-corrected chi connectivity index (χ2v) is 7.08. The summed E-state index contributed by atoms with van der Waals surface area (Å²) in [6, 6.07) is 5.02. The first kappa shape index (κ1) is 18.1. The molecule has 144 valence electrons. The van der Waals surface area contributed by atoms with Gasteiger partial charge in [0.25, 0.3) is 5.56 Å². The van der Waals surface area contributed by atoms with Crippen LogP contribution < -0.4 is 11.0 Å². The van der Waals surface area contributed by atoms with Gasteiger partial charge in [0.15, 0.2) is 11.6 Å². The number of hydrogen-bond donors (Lipinski definition) is 2. The lowest BCUT2D eigenvalue weighted by molar-refractivity contribution is -0.294. The molecule has 2 aliphatic rings. The molecule has 3 atom stereocenters. The molecule has 1 saturated heterocycles. The molecule has 4 rings (SSSR count). The monoisotopic (exact) mass is 374 g/mol. The molecule has 2 N–H and O–H groups in total. The molecule has 0 aliphatic carbocycles. The summed E-state index contributed by atoms with van der Waals surface area (Å²) in [5, 5.41) is 10.6. The lowest BCUT2D eigenvalue weighted by atomic mass is 10.1. The van der Waals surface area contributed by atoms with Gasteiger partial charge in [0.1, 0.15) is 24.1 Å². The number of aliphatic imine (C=N–C) groups is 1. The van der Waals surface area contributed by atoms with Gasteiger partial charge in [-0.25, -0.2) is 4.99 Å². The van der Waals surface area contributed by atoms with Crippen LogP contribution in [0.3, 0.4) is 0 Å². The highest BCUT2D eigenvalue weighted by Gasteiger charge is 2.35. The smallest absolute Gasteiger partial charge is 0.271 e. The molecule has 2 aromatic rings. The van der Waals surface area contributed by atoms with E-state index in [1.807, 2.05) is 26.8 Å². The maximum atomic E-state index is 11.7. The third-order valence-electron chi connectivity index (χ3n) is 4.69. The van der Waals surface area contributed by atoms with E-state index in [0.29, 0.717) is 11.3 Å². The summed E-state index contributed by atoms with van der Waals surface area (Å²) in [5.74, 6) is -0.471. The first-order chi connectivity index (χ1) is 12.9. The molecule has 27 heavy (non-hydrogen) atoms. The van der Waals surface area contributed by atoms with Gasteiger partial charge < -0.3 is 19.3 Å². The van der Waals surface area contributed by atoms with E-state index in [9.17, 15) is 9.90 Å². The van der Waals surface area contributed by atoms with Gasteiger partial charge in [-0.15, -0.1) is 0 Å². The lowest BCUT2D eigenvalue weighted by Gasteiger charge is -2.38. The average molecular weight is 374 g/mol. The fourth-order valence-electron chi connectivity index (χ4n) is 3.42. The summed E-state index contributed by atoms with van der Waals surface area (Å²) in [6.07, 6.45) is 0.138. The Hall–Kier alpha value is -2.33. The fourth-order valence-corrected chi connectivity index (χ4v) is 3.42. The molecule has 1 unspecified atom stereocenters. The Bertz CT molecular complexity index is 955. The topological polar surface area (TPSA) is 107 Å². The highest BCUT2D eigenvalue weighted by molar-refractivity contribution is 5.93. The van der Waals surface area contributed by atoms with Crippen LogP contribution in [0.15, 0.2) is 28.0 Å². The largest absolute Gasteiger partial charge is 0.394 e. The predicted octanol–water partition coefficient (Wildman–Crippen LogP) is 1.20. The molecule has 9 heteroatoms. The van der Waals surface area contributed by atoms with Gasteiger partial charge in [0, 0.05) is 11.5 Å². The van der Waals surface area contributed by atoms with Gasteiger partial charge in [-0.2, -0.15) is 4.98 Å². The van der Waals surface area contributed by atoms with Crippen molar-refractivity contribution < 1.29 is 19.3 Å². The van der Waals surface area contributed by atoms with Crippen LogP contribution in [0.4, 0.5) is 5.82 Å². The van der Waals surface area contributed by atoms with Gasteiger partial charge >= 0.3 is 0 Å². The van der Waals surface area contributed by atoms with Crippen LogP contribution in [0.25, 0.3) is 10.9 Å². The van der Waals surface area contributed by atoms with Crippen molar-refractivity contribution in [2.24, 2.45) is 4.99 Å². The van der Waals surface area contributed by atoms with E-state index < -0.39 is 18.0 Å². The van der Waals surface area contributed by atoms with Gasteiger partial charge in [0.2, 0.25) is 0 Å². The number of rotatable bonds is 2. The Balaban J connectivity index is 1.81. The van der Waals surface area contributed by atoms with Crippen molar-refractivity contribution >= 4 is 23.1 Å². The number of aliphatic hydroxyl groups excluding tert-OH is 1. The Morgan fingerprint density at radius 1 is 1.41 bits per heavy atom. The number of aliphatic hydroxyl groups is 1. The van der Waals surface area contributed by atoms with Crippen molar-refractivity contribution in [3.05, 3.63) is 34.2 Å². The van der Waals surface area contributed by atoms with E-state index in [2.05, 4.69) is 15.4 Å². The predicted molar refractivity (Wildman–Crippen MR) is 98.8 cm³/mol. The van der Waals surface area contributed by atoms with E-state index in [0.717, 1.165) is 11.1 Å². The SMILES string of the molecule is CC1OC(C)(C)OC[C@H](c2cc3ccc(=O)nc4c3n2NC=N4)O[C@@H]1CO. The molecule has 0 bridgehead atoms. The van der Waals surface area contributed by atoms with Crippen molar-refractivity contribution in [3.63, 3.8) is 0 Å². The first-order valence-electron chi connectivity index (χ1n) is 8.82. The summed E-state index contributed by atoms with van der Waals surface area (Å²) in [6.45, 7) is 5.57. The fraction of sp³-hybridized carbons (Fsp3) is 0.500. The third kappa shape index (κ3) is 3.34. The zero-order valence-corrected chi connectivity index (χ0v) is 15.4. The second kappa shape index (κ2) is 6.68. The third-order valence-corrected chi connectivity index (χ3v) is 4.69. The molecular formula is C18H22N4O5. The molecular weight excluding hydrogens is 352 g/mol. The highest BCUT2D eigenvalue weighted by atomic mass is 16.7. The summed E-state index contributed by atoms with van der Waals surface area (Å²) in [4.78, 5) is 19.9. The van der Waals surface area contributed by atoms with E-state index in [4.69, 9.17) is 14.2 Å². The minimum Gasteiger partial charge on any atom is -0.394 e. The van der Waals surface area contributed by atoms with Crippen LogP contribution in [0.5, 0.6) is 0 Å². The standard InChI is InChI=1S/C18H22N4O5/c1-10-13(7-23)26-14(8-25-18(2,3)27-10)12-6-11-4-5-15(24)21-17-16(11)22(12)20-9-19-17/h4-6,9-10,13-14,23H,7-8H2,1-3H3,(H,19,20,21,24)/t10?,13-,14-/m1/s1. The van der Waals surface area contributed by atoms with Crippen LogP contribution in [0.2, 0.25) is 0 Å². The summed E-state index contributed by atoms with van der Waals surface area (Å²) in [5.41, 5.74) is 4.17. The lowest BCUT2D eigenvalue weighted by Crippen LogP contribution is -2.45. The molecule has 9 nitrogen and oxygen atoms in total. The summed E-state index contributed by atoms with van der Waals surface area (Å²) < 4.78 is 19.7. The van der Waals surface area contributed by atoms with Crippen molar-refractivity contribution in [1.29, 1.82) is 0 Å². The van der Waals surface area contributed by atoms with Crippen LogP contribution in [0, 0.1) is 0 Å². The molecule has 0 spiro atoms. The Morgan fingerprint density at radius 2 is 2.22 bits per heavy atom. The van der Waals surface area contributed by atoms with Gasteiger partial charge in [-0.1, -0.05) is 0 Å². The zero-order valence-electron chi connectivity index (χ0n) is 15.4. The minimum atomic E-state index is -0.811. The van der Waals surface area contributed by atoms with Gasteiger partial charge in [-0.3, -0.25) is 14.9 Å². The van der Waals surface area contributed by atoms with Crippen molar-refractivity contribution in [2.45, 2.75) is 44.9 Å². The van der Waals surface area contributed by atoms with Crippen LogP contribution >= 0.6 is 0 Å². The van der Waals surface area contributed by atoms with E-state index in [1.54, 1.807) is 10.7 Å². The van der Waals surface area contributed by atoms with Crippen molar-refractivity contribution in [1.82, 2.24) is 9.66 Å². The maximum Gasteiger partial charge on any atom is 0.271 e. The number of nitrogens with one attached hydrogen (secondary N) is 1. The maximum absolute atomic E-state index is 11.7. The van der Waals surface area contributed by atoms with E-state index in [-0.39, 0.29) is 24.9 Å². The van der Waals surface area contributed by atoms with Crippen LogP contribution in [0.1, 0.15) is 32.6 Å². The number of aromatic nitrogens is 2. The molecule has 2 aliphatic heterocycles. The first-order valence-corrected chi connectivity index (χ1v) is 8.82. The summed E-state index contributed by atoms with van der Waals surface area (Å²) >= 11 is 0. The van der Waals surface area contributed by atoms with E-state index >= 15 is 0 Å². The van der Waals surface area contributed by atoms with Gasteiger partial charge in [-0.05, 0) is 32.9 Å². The second-order valence-electron chi connectivity index (χ2n) is 7.08. The normalized spacial score (nSPS) is 27.0. The molecule has 0 amide bonds. The van der Waals surface area contributed by atoms with Crippen molar-refractivity contribution in [3.8, 4) is 0 Å². The van der Waals surface area contributed by atoms with Crippen LogP contribution in [-0.4, -0.2) is 52.3 Å². The molecule has 0 saturated carbocycles. The number of nitrogens with zero attached hydrogens (tertiary/aromatic N) is 3. The molecule has 4 heterocycles. The van der Waals surface area contributed by atoms with E-state index in [1.165, 1.54) is 12.4 Å². The molecule has 0 radical (unpaired) electrons.